The zero-order valence-electron chi connectivity index (χ0n) is 4.79. The molecule has 0 atom stereocenters. The summed E-state index contributed by atoms with van der Waals surface area (Å²) in [5.41, 5.74) is 0. The largest absolute Gasteiger partial charge is 2.00 e. The molecule has 0 aromatic rings. The SMILES string of the molecule is COP(=O)([O-])OC.[Cd+2]. The quantitative estimate of drug-likeness (QED) is 0.491. The van der Waals surface area contributed by atoms with E-state index in [0.717, 1.165) is 14.2 Å². The molecule has 0 radical (unpaired) electrons. The van der Waals surface area contributed by atoms with Crippen LogP contribution in [0.5, 0.6) is 0 Å². The summed E-state index contributed by atoms with van der Waals surface area (Å²) in [4.78, 5) is 9.95. The van der Waals surface area contributed by atoms with E-state index in [-0.39, 0.29) is 27.3 Å². The molecule has 0 N–H and O–H groups in total. The molecule has 0 unspecified atom stereocenters. The van der Waals surface area contributed by atoms with Gasteiger partial charge in [-0.15, -0.1) is 0 Å². The fourth-order valence-electron chi connectivity index (χ4n) is 0.0745. The molecule has 8 heavy (non-hydrogen) atoms. The van der Waals surface area contributed by atoms with E-state index < -0.39 is 7.82 Å². The standard InChI is InChI=1S/C2H7O4P.Cd/c1-5-7(3,4)6-2;/h1-2H3,(H,3,4);/q;+2/p-1. The minimum absolute atomic E-state index is 0. The molecule has 0 aromatic carbocycles. The summed E-state index contributed by atoms with van der Waals surface area (Å²) in [5, 5.41) is 0. The van der Waals surface area contributed by atoms with Gasteiger partial charge in [-0.3, -0.25) is 4.57 Å². The zero-order chi connectivity index (χ0) is 5.91. The maximum absolute atomic E-state index is 9.95. The molecule has 0 fully saturated rings. The Morgan fingerprint density at radius 2 is 1.62 bits per heavy atom. The summed E-state index contributed by atoms with van der Waals surface area (Å²) < 4.78 is 17.7. The van der Waals surface area contributed by atoms with Crippen LogP contribution in [0.3, 0.4) is 0 Å². The van der Waals surface area contributed by atoms with Crippen molar-refractivity contribution in [2.24, 2.45) is 0 Å². The molecular formula is C2H6CdO4P+. The van der Waals surface area contributed by atoms with E-state index in [9.17, 15) is 9.46 Å². The molecule has 0 saturated heterocycles. The van der Waals surface area contributed by atoms with E-state index in [2.05, 4.69) is 9.05 Å². The van der Waals surface area contributed by atoms with Crippen molar-refractivity contribution in [3.63, 3.8) is 0 Å². The monoisotopic (exact) mass is 239 g/mol. The van der Waals surface area contributed by atoms with Gasteiger partial charge in [-0.05, 0) is 0 Å². The van der Waals surface area contributed by atoms with Crippen LogP contribution in [0.25, 0.3) is 0 Å². The second kappa shape index (κ2) is 4.87. The molecule has 0 rings (SSSR count). The van der Waals surface area contributed by atoms with Crippen LogP contribution in [0, 0.1) is 0 Å². The molecule has 0 heterocycles. The second-order valence-electron chi connectivity index (χ2n) is 0.812. The number of phosphoric ester groups is 1. The molecule has 0 aromatic heterocycles. The van der Waals surface area contributed by atoms with Crippen molar-refractivity contribution in [2.45, 2.75) is 0 Å². The van der Waals surface area contributed by atoms with Gasteiger partial charge >= 0.3 is 27.3 Å². The van der Waals surface area contributed by atoms with Gasteiger partial charge in [0.25, 0.3) is 7.82 Å². The number of hydrogen-bond donors (Lipinski definition) is 0. The van der Waals surface area contributed by atoms with Gasteiger partial charge in [0.15, 0.2) is 0 Å². The van der Waals surface area contributed by atoms with Crippen molar-refractivity contribution in [3.05, 3.63) is 0 Å². The van der Waals surface area contributed by atoms with E-state index in [0.29, 0.717) is 0 Å². The van der Waals surface area contributed by atoms with Crippen molar-refractivity contribution >= 4 is 7.82 Å². The molecule has 44 valence electrons. The summed E-state index contributed by atoms with van der Waals surface area (Å²) >= 11 is 0. The summed E-state index contributed by atoms with van der Waals surface area (Å²) in [7, 11) is -1.83. The summed E-state index contributed by atoms with van der Waals surface area (Å²) in [6.45, 7) is 0. The third-order valence-corrected chi connectivity index (χ3v) is 1.34. The average molecular weight is 237 g/mol. The van der Waals surface area contributed by atoms with Crippen LogP contribution in [0.15, 0.2) is 0 Å². The molecule has 0 saturated carbocycles. The predicted octanol–water partition coefficient (Wildman–Crippen LogP) is -0.255. The Kier molecular flexibility index (Phi) is 7.17. The van der Waals surface area contributed by atoms with Gasteiger partial charge in [0.05, 0.1) is 0 Å². The first-order chi connectivity index (χ1) is 3.12. The molecule has 0 spiro atoms. The Hall–Kier alpha value is 1.03. The van der Waals surface area contributed by atoms with Crippen LogP contribution in [0.1, 0.15) is 0 Å². The average Bonchev–Trinajstić information content (AvgIpc) is 1.68. The van der Waals surface area contributed by atoms with E-state index in [1.54, 1.807) is 0 Å². The minimum Gasteiger partial charge on any atom is -0.756 e. The minimum atomic E-state index is -3.90. The van der Waals surface area contributed by atoms with Crippen molar-refractivity contribution < 1.29 is 45.8 Å². The van der Waals surface area contributed by atoms with Crippen molar-refractivity contribution in [1.82, 2.24) is 0 Å². The maximum atomic E-state index is 9.95. The van der Waals surface area contributed by atoms with Crippen molar-refractivity contribution in [3.8, 4) is 0 Å². The Balaban J connectivity index is 0. The Morgan fingerprint density at radius 1 is 1.38 bits per heavy atom. The van der Waals surface area contributed by atoms with Gasteiger partial charge in [-0.25, -0.2) is 0 Å². The summed E-state index contributed by atoms with van der Waals surface area (Å²) in [5.74, 6) is 0. The van der Waals surface area contributed by atoms with E-state index >= 15 is 0 Å². The fraction of sp³-hybridized carbons (Fsp3) is 1.00. The first kappa shape index (κ1) is 11.8. The van der Waals surface area contributed by atoms with Crippen LogP contribution < -0.4 is 4.89 Å². The fourth-order valence-corrected chi connectivity index (χ4v) is 0.224. The molecule has 0 aliphatic rings. The topological polar surface area (TPSA) is 58.6 Å². The normalized spacial score (nSPS) is 10.4. The molecule has 0 bridgehead atoms. The van der Waals surface area contributed by atoms with E-state index in [4.69, 9.17) is 0 Å². The Bertz CT molecular complexity index is 86.0. The van der Waals surface area contributed by atoms with E-state index in [1.165, 1.54) is 0 Å². The number of hydrogen-bond acceptors (Lipinski definition) is 4. The predicted molar refractivity (Wildman–Crippen MR) is 21.6 cm³/mol. The summed E-state index contributed by atoms with van der Waals surface area (Å²) in [6.07, 6.45) is 0. The zero-order valence-corrected chi connectivity index (χ0v) is 9.72. The van der Waals surface area contributed by atoms with Crippen LogP contribution in [0.4, 0.5) is 0 Å². The van der Waals surface area contributed by atoms with Gasteiger partial charge in [0.1, 0.15) is 0 Å². The molecule has 6 heteroatoms. The maximum Gasteiger partial charge on any atom is 2.00 e. The number of phosphoric acid groups is 1. The van der Waals surface area contributed by atoms with Crippen LogP contribution in [-0.2, 0) is 40.9 Å². The Labute approximate surface area is 68.0 Å². The van der Waals surface area contributed by atoms with Gasteiger partial charge in [-0.2, -0.15) is 0 Å². The molecule has 4 nitrogen and oxygen atoms in total. The molecule has 0 aliphatic carbocycles. The first-order valence-electron chi connectivity index (χ1n) is 1.55. The van der Waals surface area contributed by atoms with Gasteiger partial charge in [-0.1, -0.05) is 0 Å². The third kappa shape index (κ3) is 5.17. The smallest absolute Gasteiger partial charge is 0.756 e. The first-order valence-corrected chi connectivity index (χ1v) is 3.01. The van der Waals surface area contributed by atoms with Crippen LogP contribution in [-0.4, -0.2) is 14.2 Å². The Morgan fingerprint density at radius 3 is 1.62 bits per heavy atom. The second-order valence-corrected chi connectivity index (χ2v) is 2.44. The van der Waals surface area contributed by atoms with E-state index in [1.807, 2.05) is 0 Å². The van der Waals surface area contributed by atoms with Gasteiger partial charge < -0.3 is 13.9 Å². The van der Waals surface area contributed by atoms with Crippen molar-refractivity contribution in [1.29, 1.82) is 0 Å². The van der Waals surface area contributed by atoms with Crippen LogP contribution in [0.2, 0.25) is 0 Å². The molecule has 0 aliphatic heterocycles. The third-order valence-electron chi connectivity index (χ3n) is 0.447. The van der Waals surface area contributed by atoms with Gasteiger partial charge in [0.2, 0.25) is 0 Å². The summed E-state index contributed by atoms with van der Waals surface area (Å²) in [6, 6.07) is 0. The number of rotatable bonds is 2. The van der Waals surface area contributed by atoms with Crippen molar-refractivity contribution in [2.75, 3.05) is 14.2 Å². The van der Waals surface area contributed by atoms with Gasteiger partial charge in [0, 0.05) is 14.2 Å². The molecular weight excluding hydrogens is 231 g/mol. The molecule has 0 amide bonds. The van der Waals surface area contributed by atoms with Crippen LogP contribution >= 0.6 is 7.82 Å².